The lowest BCUT2D eigenvalue weighted by Crippen LogP contribution is -2.15. The molecule has 0 saturated heterocycles. The third kappa shape index (κ3) is 5.15. The molecule has 7 nitrogen and oxygen atoms in total. The van der Waals surface area contributed by atoms with Crippen molar-refractivity contribution < 1.29 is 9.53 Å². The van der Waals surface area contributed by atoms with Gasteiger partial charge in [-0.2, -0.15) is 10.2 Å². The molecule has 172 valence electrons. The van der Waals surface area contributed by atoms with Crippen molar-refractivity contribution in [3.05, 3.63) is 78.4 Å². The van der Waals surface area contributed by atoms with Gasteiger partial charge in [-0.05, 0) is 79.3 Å². The number of nitrogens with zero attached hydrogens (tertiary/aromatic N) is 4. The third-order valence-corrected chi connectivity index (χ3v) is 7.66. The summed E-state index contributed by atoms with van der Waals surface area (Å²) in [6.07, 6.45) is 0. The quantitative estimate of drug-likeness (QED) is 0.302. The maximum absolute atomic E-state index is 12.9. The predicted molar refractivity (Wildman–Crippen MR) is 135 cm³/mol. The minimum absolute atomic E-state index is 0.169. The van der Waals surface area contributed by atoms with Gasteiger partial charge in [0, 0.05) is 10.6 Å². The van der Waals surface area contributed by atoms with Gasteiger partial charge in [0.15, 0.2) is 0 Å². The summed E-state index contributed by atoms with van der Waals surface area (Å²) >= 11 is 10.8. The van der Waals surface area contributed by atoms with Gasteiger partial charge in [-0.1, -0.05) is 11.6 Å². The molecule has 1 aromatic carbocycles. The Morgan fingerprint density at radius 3 is 2.42 bits per heavy atom. The van der Waals surface area contributed by atoms with E-state index in [4.69, 9.17) is 16.3 Å². The first-order chi connectivity index (χ1) is 15.7. The molecule has 1 amide bonds. The van der Waals surface area contributed by atoms with Crippen LogP contribution >= 0.6 is 38.9 Å². The number of halogens is 2. The number of thiophene rings is 1. The third-order valence-electron chi connectivity index (χ3n) is 5.28. The Morgan fingerprint density at radius 1 is 1.09 bits per heavy atom. The van der Waals surface area contributed by atoms with Gasteiger partial charge in [0.1, 0.15) is 19.0 Å². The molecule has 1 N–H and O–H groups in total. The van der Waals surface area contributed by atoms with E-state index in [1.807, 2.05) is 60.6 Å². The van der Waals surface area contributed by atoms with Gasteiger partial charge < -0.3 is 10.1 Å². The van der Waals surface area contributed by atoms with Gasteiger partial charge in [0.25, 0.3) is 5.91 Å². The summed E-state index contributed by atoms with van der Waals surface area (Å²) in [6, 6.07) is 9.04. The topological polar surface area (TPSA) is 74.0 Å². The highest BCUT2D eigenvalue weighted by molar-refractivity contribution is 9.10. The first kappa shape index (κ1) is 23.5. The lowest BCUT2D eigenvalue weighted by Gasteiger charge is -2.08. The van der Waals surface area contributed by atoms with E-state index in [9.17, 15) is 4.79 Å². The van der Waals surface area contributed by atoms with E-state index in [0.717, 1.165) is 38.6 Å². The molecule has 3 heterocycles. The number of rotatable bonds is 7. The number of amides is 1. The molecular weight excluding hydrogens is 526 g/mol. The normalized spacial score (nSPS) is 11.1. The summed E-state index contributed by atoms with van der Waals surface area (Å²) in [6.45, 7) is 8.62. The number of hydrogen-bond donors (Lipinski definition) is 1. The van der Waals surface area contributed by atoms with Crippen LogP contribution in [-0.2, 0) is 13.3 Å². The van der Waals surface area contributed by atoms with Crippen LogP contribution in [0.3, 0.4) is 0 Å². The number of aromatic nitrogens is 4. The molecule has 0 aliphatic rings. The number of benzene rings is 1. The van der Waals surface area contributed by atoms with Crippen molar-refractivity contribution in [1.29, 1.82) is 0 Å². The Kier molecular flexibility index (Phi) is 6.92. The molecule has 0 bridgehead atoms. The first-order valence-corrected chi connectivity index (χ1v) is 12.3. The molecule has 0 saturated carbocycles. The minimum Gasteiger partial charge on any atom is -0.489 e. The van der Waals surface area contributed by atoms with Gasteiger partial charge in [0.2, 0.25) is 0 Å². The fourth-order valence-corrected chi connectivity index (χ4v) is 4.60. The Bertz CT molecular complexity index is 1310. The highest BCUT2D eigenvalue weighted by atomic mass is 79.9. The summed E-state index contributed by atoms with van der Waals surface area (Å²) in [5.74, 6) is 0.558. The largest absolute Gasteiger partial charge is 0.489 e. The zero-order valence-electron chi connectivity index (χ0n) is 18.6. The van der Waals surface area contributed by atoms with Crippen LogP contribution in [0.25, 0.3) is 0 Å². The number of carbonyl (C=O) groups is 1. The highest BCUT2D eigenvalue weighted by Crippen LogP contribution is 2.25. The molecule has 4 rings (SSSR count). The molecule has 0 fully saturated rings. The van der Waals surface area contributed by atoms with E-state index < -0.39 is 0 Å². The van der Waals surface area contributed by atoms with Crippen LogP contribution in [0, 0.1) is 27.7 Å². The number of hydrogen-bond acceptors (Lipinski definition) is 5. The highest BCUT2D eigenvalue weighted by Gasteiger charge is 2.18. The van der Waals surface area contributed by atoms with Gasteiger partial charge >= 0.3 is 0 Å². The minimum atomic E-state index is -0.169. The van der Waals surface area contributed by atoms with Crippen molar-refractivity contribution in [2.75, 3.05) is 5.32 Å². The second-order valence-electron chi connectivity index (χ2n) is 7.69. The molecule has 0 unspecified atom stereocenters. The van der Waals surface area contributed by atoms with Crippen LogP contribution in [0.4, 0.5) is 5.69 Å². The van der Waals surface area contributed by atoms with Crippen LogP contribution in [-0.4, -0.2) is 25.5 Å². The van der Waals surface area contributed by atoms with Gasteiger partial charge in [0.05, 0.1) is 37.8 Å². The number of anilines is 1. The summed E-state index contributed by atoms with van der Waals surface area (Å²) < 4.78 is 10.5. The Hall–Kier alpha value is -2.62. The zero-order chi connectivity index (χ0) is 23.7. The predicted octanol–water partition coefficient (Wildman–Crippen LogP) is 6.13. The van der Waals surface area contributed by atoms with E-state index in [-0.39, 0.29) is 5.91 Å². The number of ether oxygens (including phenoxy) is 1. The fourth-order valence-electron chi connectivity index (χ4n) is 3.40. The maximum atomic E-state index is 12.9. The number of carbonyl (C=O) groups excluding carboxylic acids is 1. The molecule has 4 aromatic rings. The fraction of sp³-hybridized carbons (Fsp3) is 0.261. The molecule has 0 aliphatic carbocycles. The molecule has 10 heteroatoms. The zero-order valence-corrected chi connectivity index (χ0v) is 21.8. The Labute approximate surface area is 209 Å². The molecule has 3 aromatic heterocycles. The summed E-state index contributed by atoms with van der Waals surface area (Å²) in [5, 5.41) is 14.8. The molecule has 0 atom stereocenters. The molecule has 33 heavy (non-hydrogen) atoms. The van der Waals surface area contributed by atoms with Crippen molar-refractivity contribution >= 4 is 50.5 Å². The Morgan fingerprint density at radius 2 is 1.76 bits per heavy atom. The first-order valence-electron chi connectivity index (χ1n) is 10.2. The Balaban J connectivity index is 1.43. The van der Waals surface area contributed by atoms with Crippen molar-refractivity contribution in [3.8, 4) is 5.75 Å². The number of aryl methyl sites for hydroxylation is 2. The van der Waals surface area contributed by atoms with Gasteiger partial charge in [-0.3, -0.25) is 4.79 Å². The lowest BCUT2D eigenvalue weighted by molar-refractivity contribution is 0.103. The van der Waals surface area contributed by atoms with Crippen LogP contribution < -0.4 is 10.1 Å². The van der Waals surface area contributed by atoms with Crippen molar-refractivity contribution in [2.45, 2.75) is 41.0 Å². The van der Waals surface area contributed by atoms with E-state index in [1.165, 1.54) is 11.3 Å². The van der Waals surface area contributed by atoms with Crippen molar-refractivity contribution in [1.82, 2.24) is 19.6 Å². The van der Waals surface area contributed by atoms with Gasteiger partial charge in [-0.15, -0.1) is 11.3 Å². The van der Waals surface area contributed by atoms with E-state index in [1.54, 1.807) is 12.1 Å². The average molecular weight is 549 g/mol. The van der Waals surface area contributed by atoms with Crippen molar-refractivity contribution in [2.24, 2.45) is 0 Å². The SMILES string of the molecule is Cc1nn(Cn2nc(C)c(NC(=O)c3cc(COc4ccc(Cl)cc4)cs3)c2C)c(C)c1Br. The van der Waals surface area contributed by atoms with Gasteiger partial charge in [-0.25, -0.2) is 9.36 Å². The molecule has 0 spiro atoms. The van der Waals surface area contributed by atoms with Crippen LogP contribution in [0.15, 0.2) is 40.2 Å². The monoisotopic (exact) mass is 547 g/mol. The van der Waals surface area contributed by atoms with E-state index in [0.29, 0.717) is 28.9 Å². The van der Waals surface area contributed by atoms with Crippen LogP contribution in [0.1, 0.15) is 38.0 Å². The molecular formula is C23H23BrClN5O2S. The summed E-state index contributed by atoms with van der Waals surface area (Å²) in [4.78, 5) is 13.5. The summed E-state index contributed by atoms with van der Waals surface area (Å²) in [7, 11) is 0. The van der Waals surface area contributed by atoms with Crippen molar-refractivity contribution in [3.63, 3.8) is 0 Å². The van der Waals surface area contributed by atoms with E-state index >= 15 is 0 Å². The second kappa shape index (κ2) is 9.70. The lowest BCUT2D eigenvalue weighted by atomic mass is 10.3. The van der Waals surface area contributed by atoms with E-state index in [2.05, 4.69) is 31.4 Å². The second-order valence-corrected chi connectivity index (χ2v) is 9.83. The smallest absolute Gasteiger partial charge is 0.265 e. The molecule has 0 aliphatic heterocycles. The standard InChI is InChI=1S/C23H23BrClN5O2S/c1-13-21(24)15(3)29(27-13)12-30-16(4)22(14(2)28-30)26-23(31)20-9-17(11-33-20)10-32-19-7-5-18(25)6-8-19/h5-9,11H,10,12H2,1-4H3,(H,26,31). The maximum Gasteiger partial charge on any atom is 0.265 e. The number of nitrogens with one attached hydrogen (secondary N) is 1. The molecule has 0 radical (unpaired) electrons. The van der Waals surface area contributed by atoms with Crippen LogP contribution in [0.5, 0.6) is 5.75 Å². The summed E-state index contributed by atoms with van der Waals surface area (Å²) in [5.41, 5.74) is 5.22. The van der Waals surface area contributed by atoms with Crippen LogP contribution in [0.2, 0.25) is 5.02 Å². The average Bonchev–Trinajstić information content (AvgIpc) is 3.44.